The van der Waals surface area contributed by atoms with E-state index in [4.69, 9.17) is 0 Å². The van der Waals surface area contributed by atoms with E-state index in [2.05, 4.69) is 24.0 Å². The standard InChI is InChI=1S/C28H33N3O/c1-3-4-5-6-7-12-19-31(20-22-17-18-29-26-15-10-8-13-23(22)26)28(32)25-21-30(2)27-16-11-9-14-24(25)27/h8-11,13-18,21H,3-7,12,19-20H2,1-2H3. The molecule has 0 atom stereocenters. The Morgan fingerprint density at radius 3 is 2.47 bits per heavy atom. The number of unbranched alkanes of at least 4 members (excludes halogenated alkanes) is 5. The van der Waals surface area contributed by atoms with Gasteiger partial charge < -0.3 is 9.47 Å². The maximum Gasteiger partial charge on any atom is 0.256 e. The highest BCUT2D eigenvalue weighted by molar-refractivity contribution is 6.07. The third-order valence-corrected chi connectivity index (χ3v) is 6.30. The largest absolute Gasteiger partial charge is 0.350 e. The smallest absolute Gasteiger partial charge is 0.256 e. The van der Waals surface area contributed by atoms with Crippen molar-refractivity contribution in [1.82, 2.24) is 14.5 Å². The summed E-state index contributed by atoms with van der Waals surface area (Å²) in [4.78, 5) is 20.3. The van der Waals surface area contributed by atoms with Crippen molar-refractivity contribution in [2.45, 2.75) is 52.0 Å². The number of carbonyl (C=O) groups is 1. The van der Waals surface area contributed by atoms with Crippen LogP contribution < -0.4 is 0 Å². The van der Waals surface area contributed by atoms with Crippen LogP contribution in [0.4, 0.5) is 0 Å². The van der Waals surface area contributed by atoms with Gasteiger partial charge in [0, 0.05) is 48.8 Å². The second kappa shape index (κ2) is 10.4. The van der Waals surface area contributed by atoms with Crippen LogP contribution in [0.5, 0.6) is 0 Å². The Labute approximate surface area is 190 Å². The van der Waals surface area contributed by atoms with Gasteiger partial charge >= 0.3 is 0 Å². The molecule has 166 valence electrons. The van der Waals surface area contributed by atoms with E-state index in [0.717, 1.165) is 52.3 Å². The first-order valence-corrected chi connectivity index (χ1v) is 11.8. The molecule has 0 spiro atoms. The molecule has 4 heteroatoms. The van der Waals surface area contributed by atoms with Gasteiger partial charge in [-0.05, 0) is 30.2 Å². The fraction of sp³-hybridized carbons (Fsp3) is 0.357. The second-order valence-electron chi connectivity index (χ2n) is 8.65. The number of carbonyl (C=O) groups excluding carboxylic acids is 1. The molecular formula is C28H33N3O. The summed E-state index contributed by atoms with van der Waals surface area (Å²) in [5.41, 5.74) is 3.99. The predicted octanol–water partition coefficient (Wildman–Crippen LogP) is 6.73. The molecule has 0 aliphatic heterocycles. The molecule has 4 aromatic rings. The molecule has 0 N–H and O–H groups in total. The predicted molar refractivity (Wildman–Crippen MR) is 133 cm³/mol. The molecule has 2 heterocycles. The van der Waals surface area contributed by atoms with Crippen LogP contribution in [0, 0.1) is 0 Å². The molecule has 0 unspecified atom stereocenters. The van der Waals surface area contributed by atoms with Crippen molar-refractivity contribution in [3.05, 3.63) is 78.1 Å². The Kier molecular flexibility index (Phi) is 7.21. The zero-order valence-electron chi connectivity index (χ0n) is 19.3. The molecule has 0 radical (unpaired) electrons. The Morgan fingerprint density at radius 2 is 1.62 bits per heavy atom. The van der Waals surface area contributed by atoms with E-state index < -0.39 is 0 Å². The number of fused-ring (bicyclic) bond motifs is 2. The average molecular weight is 428 g/mol. The molecule has 0 aliphatic rings. The van der Waals surface area contributed by atoms with Gasteiger partial charge in [-0.25, -0.2) is 0 Å². The van der Waals surface area contributed by atoms with Crippen molar-refractivity contribution >= 4 is 27.7 Å². The molecular weight excluding hydrogens is 394 g/mol. The molecule has 0 aliphatic carbocycles. The van der Waals surface area contributed by atoms with E-state index in [1.165, 1.54) is 25.7 Å². The number of para-hydroxylation sites is 2. The third-order valence-electron chi connectivity index (χ3n) is 6.30. The summed E-state index contributed by atoms with van der Waals surface area (Å²) in [7, 11) is 2.01. The van der Waals surface area contributed by atoms with E-state index in [9.17, 15) is 4.79 Å². The van der Waals surface area contributed by atoms with E-state index in [1.807, 2.05) is 71.4 Å². The number of benzene rings is 2. The Hall–Kier alpha value is -3.14. The maximum atomic E-state index is 13.8. The van der Waals surface area contributed by atoms with E-state index in [1.54, 1.807) is 0 Å². The highest BCUT2D eigenvalue weighted by atomic mass is 16.2. The summed E-state index contributed by atoms with van der Waals surface area (Å²) in [6.07, 6.45) is 11.1. The minimum Gasteiger partial charge on any atom is -0.350 e. The monoisotopic (exact) mass is 427 g/mol. The lowest BCUT2D eigenvalue weighted by molar-refractivity contribution is 0.0742. The Morgan fingerprint density at radius 1 is 0.906 bits per heavy atom. The Balaban J connectivity index is 1.60. The lowest BCUT2D eigenvalue weighted by Crippen LogP contribution is -2.31. The van der Waals surface area contributed by atoms with E-state index in [-0.39, 0.29) is 5.91 Å². The Bertz CT molecular complexity index is 1190. The molecule has 0 bridgehead atoms. The fourth-order valence-electron chi connectivity index (χ4n) is 4.52. The number of amides is 1. The summed E-state index contributed by atoms with van der Waals surface area (Å²) < 4.78 is 2.05. The average Bonchev–Trinajstić information content (AvgIpc) is 3.17. The molecule has 32 heavy (non-hydrogen) atoms. The number of aryl methyl sites for hydroxylation is 1. The molecule has 0 saturated heterocycles. The zero-order valence-corrected chi connectivity index (χ0v) is 19.3. The van der Waals surface area contributed by atoms with Crippen molar-refractivity contribution in [3.63, 3.8) is 0 Å². The molecule has 2 aromatic heterocycles. The highest BCUT2D eigenvalue weighted by Gasteiger charge is 2.21. The van der Waals surface area contributed by atoms with Gasteiger partial charge in [-0.15, -0.1) is 0 Å². The quantitative estimate of drug-likeness (QED) is 0.263. The number of hydrogen-bond donors (Lipinski definition) is 0. The maximum absolute atomic E-state index is 13.8. The van der Waals surface area contributed by atoms with Gasteiger partial charge in [0.1, 0.15) is 0 Å². The molecule has 0 saturated carbocycles. The normalized spacial score (nSPS) is 11.3. The number of hydrogen-bond acceptors (Lipinski definition) is 2. The van der Waals surface area contributed by atoms with Gasteiger partial charge in [0.05, 0.1) is 11.1 Å². The summed E-state index contributed by atoms with van der Waals surface area (Å²) in [6.45, 7) is 3.61. The molecule has 0 fully saturated rings. The molecule has 1 amide bonds. The van der Waals surface area contributed by atoms with Gasteiger partial charge in [0.2, 0.25) is 0 Å². The number of rotatable bonds is 10. The summed E-state index contributed by atoms with van der Waals surface area (Å²) in [5.74, 6) is 0.108. The molecule has 2 aromatic carbocycles. The van der Waals surface area contributed by atoms with Gasteiger partial charge in [-0.3, -0.25) is 9.78 Å². The number of aromatic nitrogens is 2. The zero-order chi connectivity index (χ0) is 22.3. The van der Waals surface area contributed by atoms with E-state index in [0.29, 0.717) is 6.54 Å². The van der Waals surface area contributed by atoms with Crippen molar-refractivity contribution in [3.8, 4) is 0 Å². The topological polar surface area (TPSA) is 38.1 Å². The third kappa shape index (κ3) is 4.85. The number of nitrogens with zero attached hydrogens (tertiary/aromatic N) is 3. The fourth-order valence-corrected chi connectivity index (χ4v) is 4.52. The van der Waals surface area contributed by atoms with Crippen LogP contribution in [-0.2, 0) is 13.6 Å². The minimum absolute atomic E-state index is 0.108. The van der Waals surface area contributed by atoms with Crippen LogP contribution in [0.3, 0.4) is 0 Å². The van der Waals surface area contributed by atoms with Crippen molar-refractivity contribution in [1.29, 1.82) is 0 Å². The first-order valence-electron chi connectivity index (χ1n) is 11.8. The lowest BCUT2D eigenvalue weighted by atomic mass is 10.1. The van der Waals surface area contributed by atoms with Crippen molar-refractivity contribution in [2.24, 2.45) is 7.05 Å². The summed E-state index contributed by atoms with van der Waals surface area (Å²) in [5, 5.41) is 2.14. The second-order valence-corrected chi connectivity index (χ2v) is 8.65. The number of pyridine rings is 1. The lowest BCUT2D eigenvalue weighted by Gasteiger charge is -2.23. The SMILES string of the molecule is CCCCCCCCN(Cc1ccnc2ccccc12)C(=O)c1cn(C)c2ccccc12. The highest BCUT2D eigenvalue weighted by Crippen LogP contribution is 2.24. The molecule has 4 rings (SSSR count). The van der Waals surface area contributed by atoms with Crippen LogP contribution in [0.25, 0.3) is 21.8 Å². The van der Waals surface area contributed by atoms with Gasteiger partial charge in [-0.2, -0.15) is 0 Å². The summed E-state index contributed by atoms with van der Waals surface area (Å²) >= 11 is 0. The van der Waals surface area contributed by atoms with Crippen LogP contribution in [0.2, 0.25) is 0 Å². The van der Waals surface area contributed by atoms with Crippen LogP contribution in [0.1, 0.15) is 61.4 Å². The van der Waals surface area contributed by atoms with Crippen LogP contribution >= 0.6 is 0 Å². The van der Waals surface area contributed by atoms with Crippen LogP contribution in [0.15, 0.2) is 67.0 Å². The van der Waals surface area contributed by atoms with Crippen LogP contribution in [-0.4, -0.2) is 26.9 Å². The summed E-state index contributed by atoms with van der Waals surface area (Å²) in [6, 6.07) is 18.4. The first-order chi connectivity index (χ1) is 15.7. The van der Waals surface area contributed by atoms with Crippen molar-refractivity contribution in [2.75, 3.05) is 6.54 Å². The minimum atomic E-state index is 0.108. The van der Waals surface area contributed by atoms with Gasteiger partial charge in [0.25, 0.3) is 5.91 Å². The van der Waals surface area contributed by atoms with Gasteiger partial charge in [0.15, 0.2) is 0 Å². The van der Waals surface area contributed by atoms with Crippen molar-refractivity contribution < 1.29 is 4.79 Å². The van der Waals surface area contributed by atoms with Gasteiger partial charge in [-0.1, -0.05) is 75.4 Å². The first kappa shape index (κ1) is 22.1. The molecule has 4 nitrogen and oxygen atoms in total. The van der Waals surface area contributed by atoms with E-state index >= 15 is 0 Å².